The summed E-state index contributed by atoms with van der Waals surface area (Å²) in [5.41, 5.74) is 1.97. The lowest BCUT2D eigenvalue weighted by Crippen LogP contribution is -2.50. The van der Waals surface area contributed by atoms with Crippen molar-refractivity contribution in [2.45, 2.75) is 39.8 Å². The molecule has 2 aliphatic rings. The van der Waals surface area contributed by atoms with Gasteiger partial charge in [-0.2, -0.15) is 0 Å². The Balaban J connectivity index is 1.61. The van der Waals surface area contributed by atoms with Crippen molar-refractivity contribution in [1.29, 1.82) is 0 Å². The molecule has 0 bridgehead atoms. The molecule has 8 nitrogen and oxygen atoms in total. The van der Waals surface area contributed by atoms with E-state index < -0.39 is 11.6 Å². The van der Waals surface area contributed by atoms with Gasteiger partial charge in [-0.1, -0.05) is 6.07 Å². The fourth-order valence-electron chi connectivity index (χ4n) is 3.51. The number of hydrogen-bond donors (Lipinski definition) is 0. The van der Waals surface area contributed by atoms with Gasteiger partial charge in [0.05, 0.1) is 6.61 Å². The number of ether oxygens (including phenoxy) is 2. The number of benzene rings is 1. The SMILES string of the molecule is CCOC(=O)CN1Cc2ccc(N3CCN(C(=O)OC(C)(C)C)CC3)cc2C1=O. The van der Waals surface area contributed by atoms with Crippen molar-refractivity contribution in [1.82, 2.24) is 9.80 Å². The number of carbonyl (C=O) groups is 3. The van der Waals surface area contributed by atoms with Gasteiger partial charge in [0.15, 0.2) is 0 Å². The van der Waals surface area contributed by atoms with Crippen molar-refractivity contribution in [2.24, 2.45) is 0 Å². The summed E-state index contributed by atoms with van der Waals surface area (Å²) in [5, 5.41) is 0. The van der Waals surface area contributed by atoms with E-state index in [-0.39, 0.29) is 18.5 Å². The Hall–Kier alpha value is -2.77. The first-order valence-corrected chi connectivity index (χ1v) is 9.98. The summed E-state index contributed by atoms with van der Waals surface area (Å²) in [7, 11) is 0. The van der Waals surface area contributed by atoms with Crippen LogP contribution in [0, 0.1) is 0 Å². The average molecular weight is 403 g/mol. The molecule has 29 heavy (non-hydrogen) atoms. The van der Waals surface area contributed by atoms with Gasteiger partial charge in [0.2, 0.25) is 0 Å². The Kier molecular flexibility index (Phi) is 6.00. The molecule has 0 N–H and O–H groups in total. The van der Waals surface area contributed by atoms with E-state index in [0.717, 1.165) is 11.3 Å². The number of rotatable bonds is 4. The van der Waals surface area contributed by atoms with E-state index in [1.54, 1.807) is 11.8 Å². The zero-order valence-electron chi connectivity index (χ0n) is 17.6. The Morgan fingerprint density at radius 1 is 1.10 bits per heavy atom. The lowest BCUT2D eigenvalue weighted by atomic mass is 10.1. The molecule has 0 radical (unpaired) electrons. The van der Waals surface area contributed by atoms with Gasteiger partial charge < -0.3 is 24.2 Å². The molecule has 0 unspecified atom stereocenters. The van der Waals surface area contributed by atoms with Gasteiger partial charge in [-0.05, 0) is 45.4 Å². The molecule has 0 aliphatic carbocycles. The molecule has 0 atom stereocenters. The predicted molar refractivity (Wildman–Crippen MR) is 108 cm³/mol. The molecule has 3 rings (SSSR count). The highest BCUT2D eigenvalue weighted by molar-refractivity contribution is 6.00. The fraction of sp³-hybridized carbons (Fsp3) is 0.571. The van der Waals surface area contributed by atoms with Gasteiger partial charge in [-0.15, -0.1) is 0 Å². The van der Waals surface area contributed by atoms with Crippen molar-refractivity contribution in [3.05, 3.63) is 29.3 Å². The van der Waals surface area contributed by atoms with Gasteiger partial charge in [-0.25, -0.2) is 4.79 Å². The van der Waals surface area contributed by atoms with Crippen molar-refractivity contribution in [3.63, 3.8) is 0 Å². The minimum absolute atomic E-state index is 0.0365. The van der Waals surface area contributed by atoms with Crippen molar-refractivity contribution in [3.8, 4) is 0 Å². The summed E-state index contributed by atoms with van der Waals surface area (Å²) in [5.74, 6) is -0.547. The Labute approximate surface area is 171 Å². The molecule has 1 saturated heterocycles. The predicted octanol–water partition coefficient (Wildman–Crippen LogP) is 2.26. The highest BCUT2D eigenvalue weighted by Crippen LogP contribution is 2.28. The fourth-order valence-corrected chi connectivity index (χ4v) is 3.51. The van der Waals surface area contributed by atoms with E-state index in [0.29, 0.717) is 44.9 Å². The maximum absolute atomic E-state index is 12.7. The normalized spacial score (nSPS) is 16.7. The van der Waals surface area contributed by atoms with Gasteiger partial charge >= 0.3 is 12.1 Å². The standard InChI is InChI=1S/C21H29N3O5/c1-5-28-18(25)14-24-13-15-6-7-16(12-17(15)19(24)26)22-8-10-23(11-9-22)20(27)29-21(2,3)4/h6-7,12H,5,8-11,13-14H2,1-4H3. The van der Waals surface area contributed by atoms with Crippen LogP contribution in [0.15, 0.2) is 18.2 Å². The van der Waals surface area contributed by atoms with E-state index in [2.05, 4.69) is 4.90 Å². The van der Waals surface area contributed by atoms with Gasteiger partial charge in [0.25, 0.3) is 5.91 Å². The number of hydrogen-bond acceptors (Lipinski definition) is 6. The lowest BCUT2D eigenvalue weighted by molar-refractivity contribution is -0.143. The second-order valence-corrected chi connectivity index (χ2v) is 8.26. The van der Waals surface area contributed by atoms with Crippen LogP contribution in [-0.2, 0) is 20.8 Å². The summed E-state index contributed by atoms with van der Waals surface area (Å²) in [6.45, 7) is 10.4. The molecule has 2 heterocycles. The molecule has 1 fully saturated rings. The Bertz CT molecular complexity index is 794. The van der Waals surface area contributed by atoms with E-state index in [4.69, 9.17) is 9.47 Å². The van der Waals surface area contributed by atoms with Crippen LogP contribution in [-0.4, -0.2) is 72.7 Å². The number of fused-ring (bicyclic) bond motifs is 1. The number of nitrogens with zero attached hydrogens (tertiary/aromatic N) is 3. The third-order valence-corrected chi connectivity index (χ3v) is 4.89. The molecule has 1 aromatic carbocycles. The zero-order chi connectivity index (χ0) is 21.2. The van der Waals surface area contributed by atoms with Crippen LogP contribution in [0.1, 0.15) is 43.6 Å². The van der Waals surface area contributed by atoms with Gasteiger partial charge in [-0.3, -0.25) is 9.59 Å². The lowest BCUT2D eigenvalue weighted by Gasteiger charge is -2.36. The van der Waals surface area contributed by atoms with E-state index in [9.17, 15) is 14.4 Å². The van der Waals surface area contributed by atoms with Gasteiger partial charge in [0.1, 0.15) is 12.1 Å². The summed E-state index contributed by atoms with van der Waals surface area (Å²) < 4.78 is 10.4. The second kappa shape index (κ2) is 8.31. The van der Waals surface area contributed by atoms with E-state index in [1.807, 2.05) is 39.0 Å². The molecule has 2 amide bonds. The monoisotopic (exact) mass is 403 g/mol. The zero-order valence-corrected chi connectivity index (χ0v) is 17.6. The van der Waals surface area contributed by atoms with Crippen LogP contribution < -0.4 is 4.90 Å². The van der Waals surface area contributed by atoms with Crippen molar-refractivity contribution >= 4 is 23.7 Å². The molecule has 0 saturated carbocycles. The second-order valence-electron chi connectivity index (χ2n) is 8.26. The van der Waals surface area contributed by atoms with E-state index >= 15 is 0 Å². The number of piperazine rings is 1. The Morgan fingerprint density at radius 2 is 1.79 bits per heavy atom. The smallest absolute Gasteiger partial charge is 0.410 e. The van der Waals surface area contributed by atoms with Crippen LogP contribution >= 0.6 is 0 Å². The van der Waals surface area contributed by atoms with Crippen LogP contribution in [0.5, 0.6) is 0 Å². The first kappa shape index (κ1) is 21.0. The van der Waals surface area contributed by atoms with Crippen molar-refractivity contribution < 1.29 is 23.9 Å². The van der Waals surface area contributed by atoms with E-state index in [1.165, 1.54) is 4.90 Å². The molecule has 0 spiro atoms. The molecular formula is C21H29N3O5. The number of esters is 1. The highest BCUT2D eigenvalue weighted by atomic mass is 16.6. The average Bonchev–Trinajstić information content (AvgIpc) is 2.96. The summed E-state index contributed by atoms with van der Waals surface area (Å²) >= 11 is 0. The molecule has 0 aromatic heterocycles. The summed E-state index contributed by atoms with van der Waals surface area (Å²) in [4.78, 5) is 42.0. The third kappa shape index (κ3) is 4.99. The number of carbonyl (C=O) groups excluding carboxylic acids is 3. The molecule has 8 heteroatoms. The molecule has 158 valence electrons. The first-order valence-electron chi connectivity index (χ1n) is 9.98. The van der Waals surface area contributed by atoms with Crippen LogP contribution in [0.25, 0.3) is 0 Å². The number of anilines is 1. The third-order valence-electron chi connectivity index (χ3n) is 4.89. The summed E-state index contributed by atoms with van der Waals surface area (Å²) in [6.07, 6.45) is -0.295. The molecular weight excluding hydrogens is 374 g/mol. The first-order chi connectivity index (χ1) is 13.7. The molecule has 1 aromatic rings. The van der Waals surface area contributed by atoms with Gasteiger partial charge in [0, 0.05) is 44.0 Å². The van der Waals surface area contributed by atoms with Crippen LogP contribution in [0.3, 0.4) is 0 Å². The van der Waals surface area contributed by atoms with Crippen LogP contribution in [0.2, 0.25) is 0 Å². The summed E-state index contributed by atoms with van der Waals surface area (Å²) in [6, 6.07) is 5.81. The highest BCUT2D eigenvalue weighted by Gasteiger charge is 2.31. The number of amides is 2. The molecule has 2 aliphatic heterocycles. The maximum atomic E-state index is 12.7. The maximum Gasteiger partial charge on any atom is 0.410 e. The minimum atomic E-state index is -0.510. The topological polar surface area (TPSA) is 79.4 Å². The minimum Gasteiger partial charge on any atom is -0.465 e. The van der Waals surface area contributed by atoms with Crippen LogP contribution in [0.4, 0.5) is 10.5 Å². The quantitative estimate of drug-likeness (QED) is 0.718. The van der Waals surface area contributed by atoms with Crippen molar-refractivity contribution in [2.75, 3.05) is 44.2 Å². The largest absolute Gasteiger partial charge is 0.465 e. The Morgan fingerprint density at radius 3 is 2.41 bits per heavy atom.